The van der Waals surface area contributed by atoms with Crippen molar-refractivity contribution >= 4 is 5.78 Å². The Morgan fingerprint density at radius 1 is 1.71 bits per heavy atom. The van der Waals surface area contributed by atoms with Crippen LogP contribution in [-0.2, 0) is 9.63 Å². The highest BCUT2D eigenvalue weighted by molar-refractivity contribution is 5.80. The molecule has 1 saturated heterocycles. The number of piperidine rings is 1. The van der Waals surface area contributed by atoms with Crippen LogP contribution in [0.1, 0.15) is 32.6 Å². The summed E-state index contributed by atoms with van der Waals surface area (Å²) in [4.78, 5) is 16.8. The second kappa shape index (κ2) is 5.94. The van der Waals surface area contributed by atoms with E-state index in [4.69, 9.17) is 4.84 Å². The second-order valence-electron chi connectivity index (χ2n) is 3.62. The highest BCUT2D eigenvalue weighted by Gasteiger charge is 2.25. The zero-order chi connectivity index (χ0) is 10.4. The van der Waals surface area contributed by atoms with Crippen LogP contribution in [-0.4, -0.2) is 30.0 Å². The van der Waals surface area contributed by atoms with Gasteiger partial charge in [0.25, 0.3) is 0 Å². The molecule has 0 spiro atoms. The maximum Gasteiger partial charge on any atom is 0.136 e. The van der Waals surface area contributed by atoms with Crippen LogP contribution in [0, 0.1) is 0 Å². The maximum absolute atomic E-state index is 11.2. The van der Waals surface area contributed by atoms with Gasteiger partial charge in [0.05, 0.1) is 12.6 Å². The number of hydrogen-bond donors (Lipinski definition) is 0. The third kappa shape index (κ3) is 3.24. The Morgan fingerprint density at radius 3 is 3.14 bits per heavy atom. The van der Waals surface area contributed by atoms with Crippen LogP contribution in [0.4, 0.5) is 0 Å². The molecule has 3 heteroatoms. The van der Waals surface area contributed by atoms with E-state index < -0.39 is 0 Å². The normalized spacial score (nSPS) is 23.8. The Bertz CT molecular complexity index is 203. The van der Waals surface area contributed by atoms with Gasteiger partial charge in [0, 0.05) is 19.4 Å². The fourth-order valence-electron chi connectivity index (χ4n) is 1.53. The topological polar surface area (TPSA) is 29.5 Å². The number of nitrogens with zero attached hydrogens (tertiary/aromatic N) is 1. The van der Waals surface area contributed by atoms with E-state index in [0.717, 1.165) is 19.4 Å². The fourth-order valence-corrected chi connectivity index (χ4v) is 1.53. The molecule has 0 aromatic carbocycles. The van der Waals surface area contributed by atoms with Gasteiger partial charge in [-0.3, -0.25) is 9.63 Å². The molecule has 0 saturated carbocycles. The Hall–Kier alpha value is -0.670. The van der Waals surface area contributed by atoms with Crippen LogP contribution in [0.25, 0.3) is 0 Å². The Labute approximate surface area is 85.7 Å². The first-order valence-electron chi connectivity index (χ1n) is 5.31. The minimum Gasteiger partial charge on any atom is -0.300 e. The van der Waals surface area contributed by atoms with Gasteiger partial charge in [-0.2, -0.15) is 5.06 Å². The van der Waals surface area contributed by atoms with Crippen LogP contribution in [0.2, 0.25) is 0 Å². The summed E-state index contributed by atoms with van der Waals surface area (Å²) in [6.45, 7) is 7.31. The van der Waals surface area contributed by atoms with Gasteiger partial charge in [0.1, 0.15) is 5.78 Å². The van der Waals surface area contributed by atoms with E-state index in [2.05, 4.69) is 13.5 Å². The van der Waals surface area contributed by atoms with Crippen LogP contribution in [0.5, 0.6) is 0 Å². The number of rotatable bonds is 5. The van der Waals surface area contributed by atoms with Crippen LogP contribution in [0.15, 0.2) is 12.7 Å². The van der Waals surface area contributed by atoms with Gasteiger partial charge in [-0.15, -0.1) is 6.58 Å². The molecule has 1 rings (SSSR count). The van der Waals surface area contributed by atoms with Crippen molar-refractivity contribution in [1.82, 2.24) is 5.06 Å². The molecule has 0 amide bonds. The highest BCUT2D eigenvalue weighted by atomic mass is 16.7. The largest absolute Gasteiger partial charge is 0.300 e. The molecule has 0 aromatic heterocycles. The first-order chi connectivity index (χ1) is 6.77. The van der Waals surface area contributed by atoms with Gasteiger partial charge in [-0.1, -0.05) is 19.4 Å². The van der Waals surface area contributed by atoms with Gasteiger partial charge in [0.2, 0.25) is 0 Å². The lowest BCUT2D eigenvalue weighted by atomic mass is 10.0. The molecule has 80 valence electrons. The van der Waals surface area contributed by atoms with Crippen molar-refractivity contribution < 1.29 is 9.63 Å². The Balaban J connectivity index is 2.34. The van der Waals surface area contributed by atoms with Gasteiger partial charge in [-0.05, 0) is 6.42 Å². The molecule has 1 unspecified atom stereocenters. The smallest absolute Gasteiger partial charge is 0.136 e. The molecule has 0 aliphatic carbocycles. The van der Waals surface area contributed by atoms with E-state index in [1.165, 1.54) is 0 Å². The summed E-state index contributed by atoms with van der Waals surface area (Å²) in [7, 11) is 0. The first kappa shape index (κ1) is 11.4. The molecule has 1 atom stereocenters. The van der Waals surface area contributed by atoms with Crippen LogP contribution >= 0.6 is 0 Å². The lowest BCUT2D eigenvalue weighted by Gasteiger charge is -2.31. The number of carbonyl (C=O) groups is 1. The predicted molar refractivity (Wildman–Crippen MR) is 55.8 cm³/mol. The standard InChI is InChI=1S/C11H19NO2/c1-3-5-8-14-12-7-6-11(13)9-10(12)4-2/h4,10H,2-3,5-9H2,1H3. The molecule has 14 heavy (non-hydrogen) atoms. The van der Waals surface area contributed by atoms with Crippen molar-refractivity contribution in [3.8, 4) is 0 Å². The third-order valence-corrected chi connectivity index (χ3v) is 2.44. The number of unbranched alkanes of at least 4 members (excludes halogenated alkanes) is 1. The summed E-state index contributed by atoms with van der Waals surface area (Å²) in [6.07, 6.45) is 5.15. The minimum absolute atomic E-state index is 0.0770. The van der Waals surface area contributed by atoms with E-state index >= 15 is 0 Å². The van der Waals surface area contributed by atoms with E-state index in [-0.39, 0.29) is 6.04 Å². The second-order valence-corrected chi connectivity index (χ2v) is 3.62. The van der Waals surface area contributed by atoms with E-state index in [1.54, 1.807) is 6.08 Å². The quantitative estimate of drug-likeness (QED) is 0.498. The molecular formula is C11H19NO2. The molecular weight excluding hydrogens is 178 g/mol. The van der Waals surface area contributed by atoms with Crippen LogP contribution < -0.4 is 0 Å². The molecule has 1 aliphatic rings. The molecule has 0 aromatic rings. The molecule has 1 fully saturated rings. The number of Topliss-reactive ketones (excluding diaryl/α,β-unsaturated/α-hetero) is 1. The lowest BCUT2D eigenvalue weighted by Crippen LogP contribution is -2.41. The molecule has 0 radical (unpaired) electrons. The van der Waals surface area contributed by atoms with Gasteiger partial charge < -0.3 is 0 Å². The number of ketones is 1. The summed E-state index contributed by atoms with van der Waals surface area (Å²) in [5.74, 6) is 0.310. The van der Waals surface area contributed by atoms with E-state index in [0.29, 0.717) is 25.2 Å². The molecule has 3 nitrogen and oxygen atoms in total. The van der Waals surface area contributed by atoms with Crippen molar-refractivity contribution in [3.63, 3.8) is 0 Å². The summed E-state index contributed by atoms with van der Waals surface area (Å²) >= 11 is 0. The van der Waals surface area contributed by atoms with Crippen molar-refractivity contribution in [2.45, 2.75) is 38.6 Å². The lowest BCUT2D eigenvalue weighted by molar-refractivity contribution is -0.189. The summed E-state index contributed by atoms with van der Waals surface area (Å²) in [6, 6.07) is 0.0770. The van der Waals surface area contributed by atoms with Crippen LogP contribution in [0.3, 0.4) is 0 Å². The zero-order valence-electron chi connectivity index (χ0n) is 8.87. The SMILES string of the molecule is C=CC1CC(=O)CCN1OCCCC. The molecule has 1 aliphatic heterocycles. The Morgan fingerprint density at radius 2 is 2.50 bits per heavy atom. The average molecular weight is 197 g/mol. The third-order valence-electron chi connectivity index (χ3n) is 2.44. The highest BCUT2D eigenvalue weighted by Crippen LogP contribution is 2.15. The number of hydrogen-bond acceptors (Lipinski definition) is 3. The zero-order valence-corrected chi connectivity index (χ0v) is 8.87. The fraction of sp³-hybridized carbons (Fsp3) is 0.727. The van der Waals surface area contributed by atoms with Gasteiger partial charge >= 0.3 is 0 Å². The summed E-state index contributed by atoms with van der Waals surface area (Å²) < 4.78 is 0. The van der Waals surface area contributed by atoms with Crippen molar-refractivity contribution in [2.24, 2.45) is 0 Å². The molecule has 1 heterocycles. The maximum atomic E-state index is 11.2. The van der Waals surface area contributed by atoms with Crippen molar-refractivity contribution in [2.75, 3.05) is 13.2 Å². The van der Waals surface area contributed by atoms with E-state index in [9.17, 15) is 4.79 Å². The molecule has 0 N–H and O–H groups in total. The molecule has 0 bridgehead atoms. The summed E-state index contributed by atoms with van der Waals surface area (Å²) in [5.41, 5.74) is 0. The average Bonchev–Trinajstić information content (AvgIpc) is 2.20. The van der Waals surface area contributed by atoms with Crippen molar-refractivity contribution in [1.29, 1.82) is 0 Å². The Kier molecular flexibility index (Phi) is 4.84. The first-order valence-corrected chi connectivity index (χ1v) is 5.31. The van der Waals surface area contributed by atoms with Gasteiger partial charge in [-0.25, -0.2) is 0 Å². The minimum atomic E-state index is 0.0770. The monoisotopic (exact) mass is 197 g/mol. The number of carbonyl (C=O) groups excluding carboxylic acids is 1. The van der Waals surface area contributed by atoms with Crippen molar-refractivity contribution in [3.05, 3.63) is 12.7 Å². The predicted octanol–water partition coefficient (Wildman–Crippen LogP) is 1.94. The van der Waals surface area contributed by atoms with Gasteiger partial charge in [0.15, 0.2) is 0 Å². The summed E-state index contributed by atoms with van der Waals surface area (Å²) in [5, 5.41) is 1.89. The number of hydroxylamine groups is 2. The van der Waals surface area contributed by atoms with E-state index in [1.807, 2.05) is 5.06 Å².